The SMILES string of the molecule is COc1ccc(S(=O)(=O)N2C[C@H](C(=O)NC[C@H]3COc4ccccc4O3)Oc3ccc(C(C)(C)C)cc32)cc1. The molecule has 1 amide bonds. The molecule has 0 aromatic heterocycles. The van der Waals surface area contributed by atoms with Gasteiger partial charge in [0.05, 0.1) is 30.8 Å². The summed E-state index contributed by atoms with van der Waals surface area (Å²) in [4.78, 5) is 13.3. The van der Waals surface area contributed by atoms with E-state index < -0.39 is 28.1 Å². The molecule has 39 heavy (non-hydrogen) atoms. The number of nitrogens with zero attached hydrogens (tertiary/aromatic N) is 1. The third-order valence-corrected chi connectivity index (χ3v) is 8.50. The minimum Gasteiger partial charge on any atom is -0.497 e. The first-order valence-corrected chi connectivity index (χ1v) is 14.1. The molecule has 0 saturated carbocycles. The summed E-state index contributed by atoms with van der Waals surface area (Å²) in [7, 11) is -2.51. The molecule has 0 aliphatic carbocycles. The van der Waals surface area contributed by atoms with Crippen LogP contribution in [0.2, 0.25) is 0 Å². The number of methoxy groups -OCH3 is 1. The highest BCUT2D eigenvalue weighted by Crippen LogP contribution is 2.40. The van der Waals surface area contributed by atoms with E-state index in [4.69, 9.17) is 18.9 Å². The first kappa shape index (κ1) is 26.7. The van der Waals surface area contributed by atoms with Crippen molar-refractivity contribution in [2.24, 2.45) is 0 Å². The Hall–Kier alpha value is -3.92. The van der Waals surface area contributed by atoms with Crippen LogP contribution in [-0.2, 0) is 20.2 Å². The summed E-state index contributed by atoms with van der Waals surface area (Å²) >= 11 is 0. The zero-order chi connectivity index (χ0) is 27.8. The molecule has 0 spiro atoms. The smallest absolute Gasteiger partial charge is 0.264 e. The molecule has 2 atom stereocenters. The molecule has 0 bridgehead atoms. The maximum atomic E-state index is 13.9. The zero-order valence-corrected chi connectivity index (χ0v) is 23.2. The van der Waals surface area contributed by atoms with Gasteiger partial charge in [0.2, 0.25) is 0 Å². The molecule has 1 N–H and O–H groups in total. The third kappa shape index (κ3) is 5.47. The largest absolute Gasteiger partial charge is 0.497 e. The van der Waals surface area contributed by atoms with Crippen LogP contribution in [0.25, 0.3) is 0 Å². The molecule has 0 unspecified atom stereocenters. The van der Waals surface area contributed by atoms with E-state index in [1.165, 1.54) is 23.5 Å². The van der Waals surface area contributed by atoms with E-state index in [1.54, 1.807) is 24.3 Å². The van der Waals surface area contributed by atoms with Crippen LogP contribution in [0.3, 0.4) is 0 Å². The summed E-state index contributed by atoms with van der Waals surface area (Å²) < 4.78 is 51.9. The molecule has 9 nitrogen and oxygen atoms in total. The highest BCUT2D eigenvalue weighted by Gasteiger charge is 2.38. The molecule has 3 aromatic rings. The molecule has 2 aliphatic heterocycles. The van der Waals surface area contributed by atoms with Gasteiger partial charge in [-0.3, -0.25) is 9.10 Å². The van der Waals surface area contributed by atoms with Gasteiger partial charge in [0.25, 0.3) is 15.9 Å². The van der Waals surface area contributed by atoms with E-state index in [9.17, 15) is 13.2 Å². The molecule has 206 valence electrons. The first-order valence-electron chi connectivity index (χ1n) is 12.7. The number of benzene rings is 3. The van der Waals surface area contributed by atoms with Gasteiger partial charge in [-0.15, -0.1) is 0 Å². The minimum absolute atomic E-state index is 0.0860. The Morgan fingerprint density at radius 2 is 1.72 bits per heavy atom. The molecular formula is C29H32N2O7S. The molecule has 0 saturated heterocycles. The van der Waals surface area contributed by atoms with Gasteiger partial charge >= 0.3 is 0 Å². The fourth-order valence-corrected chi connectivity index (χ4v) is 5.92. The van der Waals surface area contributed by atoms with Gasteiger partial charge in [0, 0.05) is 0 Å². The number of hydrogen-bond acceptors (Lipinski definition) is 7. The average molecular weight is 553 g/mol. The molecule has 2 heterocycles. The van der Waals surface area contributed by atoms with Crippen LogP contribution in [0.15, 0.2) is 71.6 Å². The summed E-state index contributed by atoms with van der Waals surface area (Å²) in [5.74, 6) is 1.68. The van der Waals surface area contributed by atoms with Crippen LogP contribution in [0, 0.1) is 0 Å². The number of rotatable bonds is 6. The standard InChI is InChI=1S/C29H32N2O7S/c1-29(2,3)19-9-14-24-23(15-19)31(39(33,34)22-12-10-20(35-4)11-13-22)17-27(38-24)28(32)30-16-21-18-36-25-7-5-6-8-26(25)37-21/h5-15,21,27H,16-18H2,1-4H3,(H,30,32)/t21-,27+/m0/s1. The van der Waals surface area contributed by atoms with Gasteiger partial charge in [-0.05, 0) is 59.5 Å². The molecule has 5 rings (SSSR count). The van der Waals surface area contributed by atoms with Gasteiger partial charge < -0.3 is 24.3 Å². The lowest BCUT2D eigenvalue weighted by molar-refractivity contribution is -0.128. The van der Waals surface area contributed by atoms with Crippen molar-refractivity contribution in [3.05, 3.63) is 72.3 Å². The number of carbonyl (C=O) groups is 1. The van der Waals surface area contributed by atoms with E-state index in [0.717, 1.165) is 5.56 Å². The molecule has 2 aliphatic rings. The first-order chi connectivity index (χ1) is 18.6. The Kier molecular flexibility index (Phi) is 7.07. The minimum atomic E-state index is -4.02. The number of anilines is 1. The number of amides is 1. The summed E-state index contributed by atoms with van der Waals surface area (Å²) in [5.41, 5.74) is 1.11. The molecule has 0 radical (unpaired) electrons. The summed E-state index contributed by atoms with van der Waals surface area (Å²) in [6.07, 6.45) is -1.46. The quantitative estimate of drug-likeness (QED) is 0.495. The predicted molar refractivity (Wildman–Crippen MR) is 146 cm³/mol. The Balaban J connectivity index is 1.39. The second kappa shape index (κ2) is 10.3. The van der Waals surface area contributed by atoms with Crippen molar-refractivity contribution in [3.8, 4) is 23.0 Å². The van der Waals surface area contributed by atoms with Gasteiger partial charge in [-0.25, -0.2) is 8.42 Å². The maximum absolute atomic E-state index is 13.9. The molecule has 0 fully saturated rings. The Morgan fingerprint density at radius 3 is 2.41 bits per heavy atom. The van der Waals surface area contributed by atoms with E-state index in [-0.39, 0.29) is 30.0 Å². The van der Waals surface area contributed by atoms with Crippen molar-refractivity contribution in [1.29, 1.82) is 0 Å². The summed E-state index contributed by atoms with van der Waals surface area (Å²) in [5, 5.41) is 2.84. The van der Waals surface area contributed by atoms with E-state index in [1.807, 2.05) is 51.1 Å². The lowest BCUT2D eigenvalue weighted by Gasteiger charge is -2.36. The van der Waals surface area contributed by atoms with E-state index in [2.05, 4.69) is 5.32 Å². The Bertz CT molecular complexity index is 1470. The second-order valence-corrected chi connectivity index (χ2v) is 12.4. The fraction of sp³-hybridized carbons (Fsp3) is 0.345. The fourth-order valence-electron chi connectivity index (χ4n) is 4.45. The van der Waals surface area contributed by atoms with Crippen molar-refractivity contribution in [1.82, 2.24) is 5.32 Å². The molecular weight excluding hydrogens is 520 g/mol. The Labute approximate surface area is 228 Å². The number of hydrogen-bond donors (Lipinski definition) is 1. The zero-order valence-electron chi connectivity index (χ0n) is 22.3. The second-order valence-electron chi connectivity index (χ2n) is 10.5. The lowest BCUT2D eigenvalue weighted by Crippen LogP contribution is -2.52. The number of sulfonamides is 1. The molecule has 10 heteroatoms. The van der Waals surface area contributed by atoms with Gasteiger partial charge in [0.1, 0.15) is 24.2 Å². The third-order valence-electron chi connectivity index (χ3n) is 6.71. The van der Waals surface area contributed by atoms with Gasteiger partial charge in [-0.1, -0.05) is 39.0 Å². The molecule has 3 aromatic carbocycles. The summed E-state index contributed by atoms with van der Waals surface area (Å²) in [6.45, 7) is 6.41. The van der Waals surface area contributed by atoms with Crippen molar-refractivity contribution in [2.45, 2.75) is 43.3 Å². The number of nitrogens with one attached hydrogen (secondary N) is 1. The topological polar surface area (TPSA) is 103 Å². The van der Waals surface area contributed by atoms with E-state index >= 15 is 0 Å². The van der Waals surface area contributed by atoms with E-state index in [0.29, 0.717) is 28.7 Å². The van der Waals surface area contributed by atoms with Gasteiger partial charge in [0.15, 0.2) is 17.6 Å². The Morgan fingerprint density at radius 1 is 1.00 bits per heavy atom. The van der Waals surface area contributed by atoms with Crippen LogP contribution in [0.4, 0.5) is 5.69 Å². The number of para-hydroxylation sites is 2. The van der Waals surface area contributed by atoms with Crippen LogP contribution in [0.1, 0.15) is 26.3 Å². The van der Waals surface area contributed by atoms with Crippen molar-refractivity contribution >= 4 is 21.6 Å². The van der Waals surface area contributed by atoms with Crippen molar-refractivity contribution in [2.75, 3.05) is 31.1 Å². The average Bonchev–Trinajstić information content (AvgIpc) is 2.94. The lowest BCUT2D eigenvalue weighted by atomic mass is 9.86. The number of fused-ring (bicyclic) bond motifs is 2. The summed E-state index contributed by atoms with van der Waals surface area (Å²) in [6, 6.07) is 18.9. The predicted octanol–water partition coefficient (Wildman–Crippen LogP) is 3.91. The van der Waals surface area contributed by atoms with Gasteiger partial charge in [-0.2, -0.15) is 0 Å². The van der Waals surface area contributed by atoms with Crippen LogP contribution < -0.4 is 28.6 Å². The van der Waals surface area contributed by atoms with Crippen LogP contribution >= 0.6 is 0 Å². The van der Waals surface area contributed by atoms with Crippen LogP contribution in [-0.4, -0.2) is 53.3 Å². The highest BCUT2D eigenvalue weighted by atomic mass is 32.2. The van der Waals surface area contributed by atoms with Crippen LogP contribution in [0.5, 0.6) is 23.0 Å². The van der Waals surface area contributed by atoms with Crippen molar-refractivity contribution in [3.63, 3.8) is 0 Å². The number of carbonyl (C=O) groups excluding carboxylic acids is 1. The highest BCUT2D eigenvalue weighted by molar-refractivity contribution is 7.92. The number of ether oxygens (including phenoxy) is 4. The monoisotopic (exact) mass is 552 g/mol. The maximum Gasteiger partial charge on any atom is 0.264 e. The normalized spacial score (nSPS) is 18.5. The van der Waals surface area contributed by atoms with Crippen molar-refractivity contribution < 1.29 is 32.2 Å².